The molecule has 0 amide bonds. The number of hydrogen-bond donors (Lipinski definition) is 1. The second-order valence-corrected chi connectivity index (χ2v) is 6.56. The average Bonchev–Trinajstić information content (AvgIpc) is 2.79. The van der Waals surface area contributed by atoms with Crippen LogP contribution in [0.5, 0.6) is 5.75 Å². The van der Waals surface area contributed by atoms with Crippen molar-refractivity contribution in [3.8, 4) is 5.75 Å². The largest absolute Gasteiger partial charge is 0.486 e. The van der Waals surface area contributed by atoms with Crippen molar-refractivity contribution in [3.63, 3.8) is 0 Å². The maximum absolute atomic E-state index is 5.98. The number of aryl methyl sites for hydroxylation is 3. The summed E-state index contributed by atoms with van der Waals surface area (Å²) in [5.74, 6) is 0.966. The fraction of sp³-hybridized carbons (Fsp3) is 0.471. The van der Waals surface area contributed by atoms with Gasteiger partial charge in [-0.3, -0.25) is 0 Å². The predicted molar refractivity (Wildman–Crippen MR) is 89.2 cm³/mol. The lowest BCUT2D eigenvalue weighted by Crippen LogP contribution is -2.11. The molecular weight excluding hydrogens is 280 g/mol. The van der Waals surface area contributed by atoms with Gasteiger partial charge in [0, 0.05) is 11.4 Å². The van der Waals surface area contributed by atoms with E-state index in [0.717, 1.165) is 29.5 Å². The maximum Gasteiger partial charge on any atom is 0.140 e. The van der Waals surface area contributed by atoms with Crippen LogP contribution in [0.25, 0.3) is 0 Å². The number of thiazole rings is 1. The van der Waals surface area contributed by atoms with Crippen LogP contribution < -0.4 is 10.1 Å². The zero-order valence-electron chi connectivity index (χ0n) is 13.5. The summed E-state index contributed by atoms with van der Waals surface area (Å²) in [4.78, 5) is 5.91. The molecule has 1 aromatic heterocycles. The van der Waals surface area contributed by atoms with E-state index in [0.29, 0.717) is 6.61 Å². The highest BCUT2D eigenvalue weighted by Crippen LogP contribution is 2.25. The normalized spacial score (nSPS) is 10.9. The Balaban J connectivity index is 2.06. The summed E-state index contributed by atoms with van der Waals surface area (Å²) in [7, 11) is 0. The molecule has 0 radical (unpaired) electrons. The van der Waals surface area contributed by atoms with Crippen molar-refractivity contribution in [2.45, 2.75) is 47.8 Å². The quantitative estimate of drug-likeness (QED) is 0.873. The molecule has 4 heteroatoms. The Kier molecular flexibility index (Phi) is 5.37. The van der Waals surface area contributed by atoms with Gasteiger partial charge in [-0.2, -0.15) is 0 Å². The number of nitrogens with one attached hydrogen (secondary N) is 1. The summed E-state index contributed by atoms with van der Waals surface area (Å²) in [6.07, 6.45) is 0. The monoisotopic (exact) mass is 304 g/mol. The van der Waals surface area contributed by atoms with E-state index in [-0.39, 0.29) is 0 Å². The zero-order valence-corrected chi connectivity index (χ0v) is 14.4. The van der Waals surface area contributed by atoms with E-state index in [1.165, 1.54) is 21.6 Å². The highest BCUT2D eigenvalue weighted by Gasteiger charge is 2.09. The summed E-state index contributed by atoms with van der Waals surface area (Å²) < 4.78 is 5.98. The Bertz CT molecular complexity index is 619. The van der Waals surface area contributed by atoms with Crippen molar-refractivity contribution < 1.29 is 4.74 Å². The lowest BCUT2D eigenvalue weighted by Gasteiger charge is -2.11. The van der Waals surface area contributed by atoms with Crippen molar-refractivity contribution >= 4 is 11.3 Å². The van der Waals surface area contributed by atoms with E-state index >= 15 is 0 Å². The number of rotatable bonds is 6. The van der Waals surface area contributed by atoms with Gasteiger partial charge in [-0.05, 0) is 57.0 Å². The van der Waals surface area contributed by atoms with Crippen LogP contribution in [0.1, 0.15) is 39.2 Å². The van der Waals surface area contributed by atoms with Crippen LogP contribution in [0, 0.1) is 27.7 Å². The molecule has 0 aliphatic heterocycles. The molecule has 2 rings (SSSR count). The third-order valence-electron chi connectivity index (χ3n) is 3.59. The van der Waals surface area contributed by atoms with Crippen molar-refractivity contribution in [1.82, 2.24) is 10.3 Å². The second kappa shape index (κ2) is 7.05. The first kappa shape index (κ1) is 16.0. The summed E-state index contributed by atoms with van der Waals surface area (Å²) in [6, 6.07) is 4.28. The Morgan fingerprint density at radius 3 is 2.67 bits per heavy atom. The molecule has 3 nitrogen and oxygen atoms in total. The molecule has 2 aromatic rings. The molecule has 114 valence electrons. The first-order valence-corrected chi connectivity index (χ1v) is 8.19. The minimum Gasteiger partial charge on any atom is -0.486 e. The first-order valence-electron chi connectivity index (χ1n) is 7.37. The Labute approximate surface area is 131 Å². The highest BCUT2D eigenvalue weighted by atomic mass is 32.1. The lowest BCUT2D eigenvalue weighted by molar-refractivity contribution is 0.303. The number of nitrogens with zero attached hydrogens (tertiary/aromatic N) is 1. The first-order chi connectivity index (χ1) is 10.0. The van der Waals surface area contributed by atoms with Gasteiger partial charge in [-0.25, -0.2) is 4.98 Å². The minimum absolute atomic E-state index is 0.543. The van der Waals surface area contributed by atoms with E-state index in [4.69, 9.17) is 4.74 Å². The third kappa shape index (κ3) is 4.05. The molecule has 1 N–H and O–H groups in total. The Hall–Kier alpha value is -1.39. The molecular formula is C17H24N2OS. The van der Waals surface area contributed by atoms with Crippen LogP contribution in [-0.2, 0) is 13.2 Å². The van der Waals surface area contributed by atoms with Crippen LogP contribution in [0.4, 0.5) is 0 Å². The van der Waals surface area contributed by atoms with Gasteiger partial charge in [0.2, 0.25) is 0 Å². The number of hydrogen-bond acceptors (Lipinski definition) is 4. The van der Waals surface area contributed by atoms with E-state index in [1.54, 1.807) is 11.3 Å². The Morgan fingerprint density at radius 2 is 1.95 bits per heavy atom. The maximum atomic E-state index is 5.98. The number of benzene rings is 1. The van der Waals surface area contributed by atoms with E-state index in [9.17, 15) is 0 Å². The van der Waals surface area contributed by atoms with Gasteiger partial charge < -0.3 is 10.1 Å². The predicted octanol–water partition coefficient (Wildman–Crippen LogP) is 4.07. The standard InChI is InChI=1S/C17H24N2OS/c1-6-18-9-16-14(5)19-17(21-16)10-20-15-8-11(2)7-12(3)13(15)4/h7-8,18H,6,9-10H2,1-5H3. The van der Waals surface area contributed by atoms with E-state index < -0.39 is 0 Å². The summed E-state index contributed by atoms with van der Waals surface area (Å²) in [5, 5.41) is 4.39. The van der Waals surface area contributed by atoms with Crippen molar-refractivity contribution in [2.24, 2.45) is 0 Å². The van der Waals surface area contributed by atoms with Gasteiger partial charge >= 0.3 is 0 Å². The van der Waals surface area contributed by atoms with E-state index in [1.807, 2.05) is 0 Å². The number of ether oxygens (including phenoxy) is 1. The van der Waals surface area contributed by atoms with E-state index in [2.05, 4.69) is 57.1 Å². The fourth-order valence-electron chi connectivity index (χ4n) is 2.24. The van der Waals surface area contributed by atoms with Gasteiger partial charge in [-0.15, -0.1) is 11.3 Å². The van der Waals surface area contributed by atoms with Crippen LogP contribution in [-0.4, -0.2) is 11.5 Å². The molecule has 0 unspecified atom stereocenters. The smallest absolute Gasteiger partial charge is 0.140 e. The van der Waals surface area contributed by atoms with Crippen molar-refractivity contribution in [2.75, 3.05) is 6.54 Å². The molecule has 0 bridgehead atoms. The second-order valence-electron chi connectivity index (χ2n) is 5.39. The third-order valence-corrected chi connectivity index (χ3v) is 4.72. The van der Waals surface area contributed by atoms with Gasteiger partial charge in [0.1, 0.15) is 17.4 Å². The molecule has 1 heterocycles. The molecule has 21 heavy (non-hydrogen) atoms. The molecule has 1 aromatic carbocycles. The Morgan fingerprint density at radius 1 is 1.19 bits per heavy atom. The van der Waals surface area contributed by atoms with Gasteiger partial charge in [-0.1, -0.05) is 13.0 Å². The molecule has 0 saturated carbocycles. The lowest BCUT2D eigenvalue weighted by atomic mass is 10.1. The van der Waals surface area contributed by atoms with Crippen LogP contribution in [0.3, 0.4) is 0 Å². The zero-order chi connectivity index (χ0) is 15.4. The van der Waals surface area contributed by atoms with Crippen molar-refractivity contribution in [3.05, 3.63) is 44.4 Å². The molecule has 0 aliphatic rings. The van der Waals surface area contributed by atoms with Gasteiger partial charge in [0.15, 0.2) is 0 Å². The van der Waals surface area contributed by atoms with Gasteiger partial charge in [0.25, 0.3) is 0 Å². The van der Waals surface area contributed by atoms with Crippen LogP contribution in [0.15, 0.2) is 12.1 Å². The number of aromatic nitrogens is 1. The highest BCUT2D eigenvalue weighted by molar-refractivity contribution is 7.11. The fourth-order valence-corrected chi connectivity index (χ4v) is 3.20. The van der Waals surface area contributed by atoms with Crippen molar-refractivity contribution in [1.29, 1.82) is 0 Å². The average molecular weight is 304 g/mol. The molecule has 0 atom stereocenters. The summed E-state index contributed by atoms with van der Waals surface area (Å²) in [5.41, 5.74) is 4.82. The van der Waals surface area contributed by atoms with Gasteiger partial charge in [0.05, 0.1) is 5.69 Å². The molecule has 0 fully saturated rings. The molecule has 0 spiro atoms. The van der Waals surface area contributed by atoms with Crippen LogP contribution >= 0.6 is 11.3 Å². The molecule has 0 saturated heterocycles. The summed E-state index contributed by atoms with van der Waals surface area (Å²) in [6.45, 7) is 12.9. The SMILES string of the molecule is CCNCc1sc(COc2cc(C)cc(C)c2C)nc1C. The summed E-state index contributed by atoms with van der Waals surface area (Å²) >= 11 is 1.73. The molecule has 0 aliphatic carbocycles. The minimum atomic E-state index is 0.543. The van der Waals surface area contributed by atoms with Crippen LogP contribution in [0.2, 0.25) is 0 Å². The topological polar surface area (TPSA) is 34.1 Å².